The lowest BCUT2D eigenvalue weighted by atomic mass is 10.2. The van der Waals surface area contributed by atoms with E-state index in [9.17, 15) is 13.2 Å². The van der Waals surface area contributed by atoms with E-state index in [1.807, 2.05) is 0 Å². The van der Waals surface area contributed by atoms with Crippen molar-refractivity contribution in [3.63, 3.8) is 0 Å². The molecule has 0 fully saturated rings. The average molecular weight is 238 g/mol. The first kappa shape index (κ1) is 11.5. The van der Waals surface area contributed by atoms with Gasteiger partial charge in [0.25, 0.3) is 0 Å². The van der Waals surface area contributed by atoms with Crippen LogP contribution in [0.1, 0.15) is 5.56 Å². The maximum Gasteiger partial charge on any atom is 0.133 e. The summed E-state index contributed by atoms with van der Waals surface area (Å²) in [5, 5.41) is 0. The van der Waals surface area contributed by atoms with Gasteiger partial charge in [-0.25, -0.2) is 13.2 Å². The molecule has 0 spiro atoms. The van der Waals surface area contributed by atoms with Crippen molar-refractivity contribution >= 4 is 0 Å². The highest BCUT2D eigenvalue weighted by Gasteiger charge is 2.08. The minimum absolute atomic E-state index is 0.00352. The highest BCUT2D eigenvalue weighted by atomic mass is 19.1. The van der Waals surface area contributed by atoms with Gasteiger partial charge in [0.15, 0.2) is 0 Å². The predicted octanol–water partition coefficient (Wildman–Crippen LogP) is 4.20. The molecule has 0 heterocycles. The molecule has 2 aromatic rings. The van der Waals surface area contributed by atoms with Crippen molar-refractivity contribution in [3.05, 3.63) is 59.4 Å². The Morgan fingerprint density at radius 2 is 1.53 bits per heavy atom. The minimum atomic E-state index is -0.698. The molecule has 0 bridgehead atoms. The molecular weight excluding hydrogens is 229 g/mol. The fourth-order valence-corrected chi connectivity index (χ4v) is 1.35. The van der Waals surface area contributed by atoms with E-state index in [0.29, 0.717) is 0 Å². The second-order valence-corrected chi connectivity index (χ2v) is 3.57. The van der Waals surface area contributed by atoms with Gasteiger partial charge in [-0.1, -0.05) is 6.07 Å². The van der Waals surface area contributed by atoms with Crippen LogP contribution < -0.4 is 4.74 Å². The predicted molar refractivity (Wildman–Crippen MR) is 57.6 cm³/mol. The summed E-state index contributed by atoms with van der Waals surface area (Å²) >= 11 is 0. The van der Waals surface area contributed by atoms with Crippen LogP contribution in [0.3, 0.4) is 0 Å². The molecule has 0 N–H and O–H groups in total. The number of hydrogen-bond donors (Lipinski definition) is 0. The third-order valence-electron chi connectivity index (χ3n) is 2.29. The maximum atomic E-state index is 13.2. The summed E-state index contributed by atoms with van der Waals surface area (Å²) < 4.78 is 44.5. The molecule has 0 saturated carbocycles. The van der Waals surface area contributed by atoms with Gasteiger partial charge in [-0.05, 0) is 19.1 Å². The molecule has 1 nitrogen and oxygen atoms in total. The Labute approximate surface area is 96.5 Å². The lowest BCUT2D eigenvalue weighted by Crippen LogP contribution is -1.92. The zero-order chi connectivity index (χ0) is 12.4. The van der Waals surface area contributed by atoms with Gasteiger partial charge in [-0.15, -0.1) is 0 Å². The van der Waals surface area contributed by atoms with Gasteiger partial charge in [0.05, 0.1) is 0 Å². The number of hydrogen-bond acceptors (Lipinski definition) is 1. The zero-order valence-corrected chi connectivity index (χ0v) is 9.01. The molecule has 0 aliphatic heterocycles. The van der Waals surface area contributed by atoms with Gasteiger partial charge < -0.3 is 4.74 Å². The van der Waals surface area contributed by atoms with Gasteiger partial charge >= 0.3 is 0 Å². The minimum Gasteiger partial charge on any atom is -0.457 e. The monoisotopic (exact) mass is 238 g/mol. The largest absolute Gasteiger partial charge is 0.457 e. The Hall–Kier alpha value is -1.97. The van der Waals surface area contributed by atoms with Crippen LogP contribution in [-0.4, -0.2) is 0 Å². The second kappa shape index (κ2) is 4.49. The molecule has 88 valence electrons. The summed E-state index contributed by atoms with van der Waals surface area (Å²) in [7, 11) is 0. The molecule has 0 amide bonds. The topological polar surface area (TPSA) is 9.23 Å². The SMILES string of the molecule is Cc1c(F)cc(Oc2cccc(F)c2)cc1F. The first-order chi connectivity index (χ1) is 8.06. The summed E-state index contributed by atoms with van der Waals surface area (Å²) in [6.07, 6.45) is 0. The van der Waals surface area contributed by atoms with Crippen molar-refractivity contribution in [2.75, 3.05) is 0 Å². The Balaban J connectivity index is 2.31. The van der Waals surface area contributed by atoms with Crippen LogP contribution in [0, 0.1) is 24.4 Å². The van der Waals surface area contributed by atoms with Crippen molar-refractivity contribution in [1.29, 1.82) is 0 Å². The van der Waals surface area contributed by atoms with Crippen LogP contribution in [0.5, 0.6) is 11.5 Å². The van der Waals surface area contributed by atoms with Crippen molar-refractivity contribution < 1.29 is 17.9 Å². The Morgan fingerprint density at radius 3 is 2.12 bits per heavy atom. The van der Waals surface area contributed by atoms with Gasteiger partial charge in [0.2, 0.25) is 0 Å². The Kier molecular flexibility index (Phi) is 3.04. The van der Waals surface area contributed by atoms with Crippen LogP contribution in [-0.2, 0) is 0 Å². The van der Waals surface area contributed by atoms with E-state index in [1.165, 1.54) is 25.1 Å². The van der Waals surface area contributed by atoms with E-state index in [1.54, 1.807) is 0 Å². The molecule has 0 aliphatic carbocycles. The molecule has 0 aromatic heterocycles. The quantitative estimate of drug-likeness (QED) is 0.761. The molecule has 17 heavy (non-hydrogen) atoms. The van der Waals surface area contributed by atoms with Gasteiger partial charge in [-0.3, -0.25) is 0 Å². The fourth-order valence-electron chi connectivity index (χ4n) is 1.35. The molecule has 0 unspecified atom stereocenters. The average Bonchev–Trinajstić information content (AvgIpc) is 2.26. The summed E-state index contributed by atoms with van der Waals surface area (Å²) in [6.45, 7) is 1.33. The number of rotatable bonds is 2. The molecule has 0 aliphatic rings. The first-order valence-electron chi connectivity index (χ1n) is 4.95. The number of benzene rings is 2. The Bertz CT molecular complexity index is 529. The van der Waals surface area contributed by atoms with E-state index >= 15 is 0 Å². The van der Waals surface area contributed by atoms with Crippen LogP contribution >= 0.6 is 0 Å². The highest BCUT2D eigenvalue weighted by molar-refractivity contribution is 5.34. The molecule has 0 atom stereocenters. The van der Waals surface area contributed by atoms with Crippen molar-refractivity contribution in [2.24, 2.45) is 0 Å². The smallest absolute Gasteiger partial charge is 0.133 e. The van der Waals surface area contributed by atoms with Gasteiger partial charge in [0, 0.05) is 23.8 Å². The second-order valence-electron chi connectivity index (χ2n) is 3.57. The highest BCUT2D eigenvalue weighted by Crippen LogP contribution is 2.25. The van der Waals surface area contributed by atoms with E-state index in [0.717, 1.165) is 18.2 Å². The molecule has 4 heteroatoms. The van der Waals surface area contributed by atoms with E-state index in [-0.39, 0.29) is 17.1 Å². The van der Waals surface area contributed by atoms with Crippen molar-refractivity contribution in [3.8, 4) is 11.5 Å². The van der Waals surface area contributed by atoms with Crippen molar-refractivity contribution in [2.45, 2.75) is 6.92 Å². The number of ether oxygens (including phenoxy) is 1. The normalized spacial score (nSPS) is 10.4. The third-order valence-corrected chi connectivity index (χ3v) is 2.29. The standard InChI is InChI=1S/C13H9F3O/c1-8-12(15)6-11(7-13(8)16)17-10-4-2-3-9(14)5-10/h2-7H,1H3. The lowest BCUT2D eigenvalue weighted by molar-refractivity contribution is 0.462. The van der Waals surface area contributed by atoms with Crippen molar-refractivity contribution in [1.82, 2.24) is 0 Å². The van der Waals surface area contributed by atoms with Crippen LogP contribution in [0.15, 0.2) is 36.4 Å². The van der Waals surface area contributed by atoms with Crippen LogP contribution in [0.25, 0.3) is 0 Å². The molecule has 2 aromatic carbocycles. The summed E-state index contributed by atoms with van der Waals surface area (Å²) in [5.74, 6) is -1.69. The maximum absolute atomic E-state index is 13.2. The lowest BCUT2D eigenvalue weighted by Gasteiger charge is -2.07. The van der Waals surface area contributed by atoms with E-state index in [2.05, 4.69) is 0 Å². The van der Waals surface area contributed by atoms with Gasteiger partial charge in [0.1, 0.15) is 29.0 Å². The molecular formula is C13H9F3O. The third kappa shape index (κ3) is 2.58. The van der Waals surface area contributed by atoms with Crippen LogP contribution in [0.4, 0.5) is 13.2 Å². The summed E-state index contributed by atoms with van der Waals surface area (Å²) in [4.78, 5) is 0. The molecule has 2 rings (SSSR count). The summed E-state index contributed by atoms with van der Waals surface area (Å²) in [6, 6.07) is 7.45. The first-order valence-corrected chi connectivity index (χ1v) is 4.95. The molecule has 0 saturated heterocycles. The zero-order valence-electron chi connectivity index (χ0n) is 9.01. The van der Waals surface area contributed by atoms with Gasteiger partial charge in [-0.2, -0.15) is 0 Å². The molecule has 0 radical (unpaired) electrons. The fraction of sp³-hybridized carbons (Fsp3) is 0.0769. The van der Waals surface area contributed by atoms with E-state index in [4.69, 9.17) is 4.74 Å². The Morgan fingerprint density at radius 1 is 0.882 bits per heavy atom. The van der Waals surface area contributed by atoms with Crippen LogP contribution in [0.2, 0.25) is 0 Å². The van der Waals surface area contributed by atoms with E-state index < -0.39 is 17.5 Å². The number of halogens is 3. The summed E-state index contributed by atoms with van der Waals surface area (Å²) in [5.41, 5.74) is -0.0726.